The lowest BCUT2D eigenvalue weighted by Crippen LogP contribution is -3.00. The number of nitrogens with one attached hydrogen (secondary N) is 1. The van der Waals surface area contributed by atoms with Crippen LogP contribution in [0.5, 0.6) is 0 Å². The first-order valence-corrected chi connectivity index (χ1v) is 5.17. The van der Waals surface area contributed by atoms with Gasteiger partial charge < -0.3 is 28.2 Å². The molecule has 1 amide bonds. The second kappa shape index (κ2) is 7.85. The van der Waals surface area contributed by atoms with Crippen LogP contribution in [0.1, 0.15) is 10.4 Å². The molecule has 0 saturated heterocycles. The summed E-state index contributed by atoms with van der Waals surface area (Å²) < 4.78 is 39.5. The van der Waals surface area contributed by atoms with E-state index in [2.05, 4.69) is 10.1 Å². The molecule has 0 atom stereocenters. The molecule has 108 valence electrons. The monoisotopic (exact) mass is 297 g/mol. The minimum Gasteiger partial charge on any atom is -1.00 e. The smallest absolute Gasteiger partial charge is 0.411 e. The maximum Gasteiger partial charge on any atom is 0.411 e. The normalized spacial score (nSPS) is 10.7. The van der Waals surface area contributed by atoms with Crippen molar-refractivity contribution in [3.63, 3.8) is 0 Å². The largest absolute Gasteiger partial charge is 1.00 e. The van der Waals surface area contributed by atoms with Gasteiger partial charge in [0.25, 0.3) is 5.91 Å². The quantitative estimate of drug-likeness (QED) is 0.518. The summed E-state index contributed by atoms with van der Waals surface area (Å²) in [6.07, 6.45) is -4.35. The summed E-state index contributed by atoms with van der Waals surface area (Å²) in [5, 5.41) is 2.43. The van der Waals surface area contributed by atoms with Crippen LogP contribution in [-0.4, -0.2) is 31.8 Å². The molecule has 0 aliphatic rings. The van der Waals surface area contributed by atoms with Crippen molar-refractivity contribution in [2.24, 2.45) is 0 Å². The number of rotatable bonds is 5. The summed E-state index contributed by atoms with van der Waals surface area (Å²) >= 11 is 0. The molecule has 3 N–H and O–H groups in total. The Morgan fingerprint density at radius 2 is 1.84 bits per heavy atom. The highest BCUT2D eigenvalue weighted by atomic mass is 35.5. The average molecular weight is 298 g/mol. The van der Waals surface area contributed by atoms with Crippen LogP contribution in [0.2, 0.25) is 0 Å². The van der Waals surface area contributed by atoms with E-state index in [4.69, 9.17) is 5.73 Å². The molecule has 0 radical (unpaired) electrons. The number of carbonyl (C=O) groups excluding carboxylic acids is 1. The Hall–Kier alpha value is -1.47. The molecule has 0 unspecified atom stereocenters. The Balaban J connectivity index is 0.00000324. The van der Waals surface area contributed by atoms with Gasteiger partial charge >= 0.3 is 6.18 Å². The molecule has 1 aromatic rings. The molecular formula is C11H13ClF3N2O2-. The first-order valence-electron chi connectivity index (χ1n) is 5.17. The van der Waals surface area contributed by atoms with Crippen LogP contribution in [-0.2, 0) is 4.74 Å². The van der Waals surface area contributed by atoms with Crippen molar-refractivity contribution in [2.75, 3.05) is 25.5 Å². The fourth-order valence-corrected chi connectivity index (χ4v) is 1.16. The van der Waals surface area contributed by atoms with Crippen LogP contribution in [0.25, 0.3) is 0 Å². The Kier molecular flexibility index (Phi) is 7.25. The highest BCUT2D eigenvalue weighted by molar-refractivity contribution is 5.94. The minimum absolute atomic E-state index is 0. The summed E-state index contributed by atoms with van der Waals surface area (Å²) in [6.45, 7) is -1.50. The van der Waals surface area contributed by atoms with Crippen molar-refractivity contribution in [1.29, 1.82) is 0 Å². The molecule has 1 rings (SSSR count). The van der Waals surface area contributed by atoms with Crippen molar-refractivity contribution in [2.45, 2.75) is 6.18 Å². The second-order valence-corrected chi connectivity index (χ2v) is 3.55. The predicted molar refractivity (Wildman–Crippen MR) is 60.1 cm³/mol. The molecule has 0 aliphatic heterocycles. The molecule has 0 fully saturated rings. The van der Waals surface area contributed by atoms with E-state index in [1.807, 2.05) is 0 Å². The van der Waals surface area contributed by atoms with Gasteiger partial charge in [0.05, 0.1) is 6.61 Å². The van der Waals surface area contributed by atoms with Crippen LogP contribution in [0, 0.1) is 0 Å². The third-order valence-electron chi connectivity index (χ3n) is 1.97. The molecule has 0 saturated carbocycles. The van der Waals surface area contributed by atoms with E-state index in [9.17, 15) is 18.0 Å². The number of carbonyl (C=O) groups is 1. The van der Waals surface area contributed by atoms with Crippen molar-refractivity contribution in [3.8, 4) is 0 Å². The second-order valence-electron chi connectivity index (χ2n) is 3.55. The fraction of sp³-hybridized carbons (Fsp3) is 0.364. The third kappa shape index (κ3) is 7.53. The van der Waals surface area contributed by atoms with Gasteiger partial charge in [-0.2, -0.15) is 13.2 Å². The molecule has 0 spiro atoms. The van der Waals surface area contributed by atoms with Crippen molar-refractivity contribution >= 4 is 11.6 Å². The first kappa shape index (κ1) is 17.5. The van der Waals surface area contributed by atoms with Gasteiger partial charge in [0.15, 0.2) is 0 Å². The minimum atomic E-state index is -4.35. The van der Waals surface area contributed by atoms with Gasteiger partial charge in [0, 0.05) is 17.8 Å². The predicted octanol–water partition coefficient (Wildman–Crippen LogP) is -1.42. The fourth-order valence-electron chi connectivity index (χ4n) is 1.16. The van der Waals surface area contributed by atoms with E-state index < -0.39 is 12.8 Å². The summed E-state index contributed by atoms with van der Waals surface area (Å²) in [4.78, 5) is 11.5. The van der Waals surface area contributed by atoms with E-state index in [-0.39, 0.29) is 31.5 Å². The molecule has 8 heteroatoms. The summed E-state index contributed by atoms with van der Waals surface area (Å²) in [5.74, 6) is -0.384. The standard InChI is InChI=1S/C11H13F3N2O2.ClH/c12-11(13,14)7-18-6-5-16-10(17)8-1-3-9(15)4-2-8;/h1-4H,5-7,15H2,(H,16,17);1H/p-1. The lowest BCUT2D eigenvalue weighted by atomic mass is 10.2. The number of anilines is 1. The molecule has 0 aromatic heterocycles. The van der Waals surface area contributed by atoms with Crippen LogP contribution < -0.4 is 23.5 Å². The van der Waals surface area contributed by atoms with Crippen molar-refractivity contribution < 1.29 is 35.1 Å². The van der Waals surface area contributed by atoms with Crippen LogP contribution >= 0.6 is 0 Å². The molecule has 0 bridgehead atoms. The first-order chi connectivity index (χ1) is 8.38. The number of halogens is 4. The molecule has 0 heterocycles. The number of amides is 1. The lowest BCUT2D eigenvalue weighted by Gasteiger charge is -2.08. The van der Waals surface area contributed by atoms with Gasteiger partial charge in [-0.15, -0.1) is 0 Å². The zero-order valence-corrected chi connectivity index (χ0v) is 10.6. The van der Waals surface area contributed by atoms with Gasteiger partial charge in [0.2, 0.25) is 0 Å². The zero-order valence-electron chi connectivity index (χ0n) is 9.84. The number of nitrogen functional groups attached to an aromatic ring is 1. The van der Waals surface area contributed by atoms with E-state index in [1.165, 1.54) is 12.1 Å². The van der Waals surface area contributed by atoms with Gasteiger partial charge in [-0.1, -0.05) is 0 Å². The van der Waals surface area contributed by atoms with E-state index >= 15 is 0 Å². The number of alkyl halides is 3. The van der Waals surface area contributed by atoms with Gasteiger partial charge in [-0.25, -0.2) is 0 Å². The number of benzene rings is 1. The van der Waals surface area contributed by atoms with Gasteiger partial charge in [0.1, 0.15) is 6.61 Å². The van der Waals surface area contributed by atoms with E-state index in [1.54, 1.807) is 12.1 Å². The number of ether oxygens (including phenoxy) is 1. The number of nitrogens with two attached hydrogens (primary N) is 1. The summed E-state index contributed by atoms with van der Waals surface area (Å²) in [7, 11) is 0. The number of hydrogen-bond donors (Lipinski definition) is 2. The highest BCUT2D eigenvalue weighted by Crippen LogP contribution is 2.13. The van der Waals surface area contributed by atoms with Gasteiger partial charge in [-0.3, -0.25) is 4.79 Å². The Bertz CT molecular complexity index is 396. The van der Waals surface area contributed by atoms with Crippen LogP contribution in [0.4, 0.5) is 18.9 Å². The van der Waals surface area contributed by atoms with Crippen molar-refractivity contribution in [1.82, 2.24) is 5.32 Å². The maximum atomic E-state index is 11.7. The number of hydrogen-bond acceptors (Lipinski definition) is 3. The summed E-state index contributed by atoms with van der Waals surface area (Å²) in [6, 6.07) is 6.19. The Labute approximate surface area is 114 Å². The maximum absolute atomic E-state index is 11.7. The molecule has 0 aliphatic carbocycles. The molecule has 19 heavy (non-hydrogen) atoms. The average Bonchev–Trinajstić information content (AvgIpc) is 2.27. The molecular weight excluding hydrogens is 285 g/mol. The van der Waals surface area contributed by atoms with E-state index in [0.717, 1.165) is 0 Å². The SMILES string of the molecule is Nc1ccc(C(=O)NCCOCC(F)(F)F)cc1.[Cl-]. The lowest BCUT2D eigenvalue weighted by molar-refractivity contribution is -0.173. The van der Waals surface area contributed by atoms with Crippen molar-refractivity contribution in [3.05, 3.63) is 29.8 Å². The zero-order chi connectivity index (χ0) is 13.6. The summed E-state index contributed by atoms with van der Waals surface area (Å²) in [5.41, 5.74) is 6.37. The Morgan fingerprint density at radius 3 is 2.37 bits per heavy atom. The van der Waals surface area contributed by atoms with Crippen LogP contribution in [0.15, 0.2) is 24.3 Å². The third-order valence-corrected chi connectivity index (χ3v) is 1.97. The van der Waals surface area contributed by atoms with Gasteiger partial charge in [-0.05, 0) is 24.3 Å². The van der Waals surface area contributed by atoms with Crippen LogP contribution in [0.3, 0.4) is 0 Å². The highest BCUT2D eigenvalue weighted by Gasteiger charge is 2.27. The molecule has 4 nitrogen and oxygen atoms in total. The molecule has 1 aromatic carbocycles. The topological polar surface area (TPSA) is 64.4 Å². The van der Waals surface area contributed by atoms with E-state index in [0.29, 0.717) is 11.3 Å². The Morgan fingerprint density at radius 1 is 1.26 bits per heavy atom.